The maximum atomic E-state index is 6.31. The fraction of sp³-hybridized carbons (Fsp3) is 0.333. The van der Waals surface area contributed by atoms with Crippen molar-refractivity contribution < 1.29 is 4.52 Å². The van der Waals surface area contributed by atoms with E-state index in [4.69, 9.17) is 16.1 Å². The molecule has 0 saturated carbocycles. The van der Waals surface area contributed by atoms with Gasteiger partial charge in [-0.05, 0) is 26.2 Å². The molecular formula is C21H22ClN9O. The molecule has 1 aliphatic rings. The number of hydrogen-bond donors (Lipinski definition) is 2. The standard InChI is InChI=1S/C21H22ClN9O/c1-3-13-20(24-7-6-23-13)14-10-16(32-30-14)15-5-4-8-31(15)21-25-17(22)11-18(27-21)26-19-9-12(2)28-29-19/h6-7,9-11,15H,3-5,8H2,1-2H3,(H2,25,26,27,28,29). The molecule has 0 aromatic carbocycles. The normalized spacial score (nSPS) is 16.0. The second-order valence-corrected chi connectivity index (χ2v) is 8.00. The zero-order chi connectivity index (χ0) is 22.1. The second kappa shape index (κ2) is 8.54. The van der Waals surface area contributed by atoms with Gasteiger partial charge in [-0.2, -0.15) is 10.1 Å². The summed E-state index contributed by atoms with van der Waals surface area (Å²) in [6, 6.07) is 5.45. The molecule has 0 amide bonds. The number of halogens is 1. The fourth-order valence-electron chi connectivity index (χ4n) is 3.91. The van der Waals surface area contributed by atoms with Gasteiger partial charge in [-0.1, -0.05) is 23.7 Å². The maximum absolute atomic E-state index is 6.31. The lowest BCUT2D eigenvalue weighted by molar-refractivity contribution is 0.362. The first-order valence-electron chi connectivity index (χ1n) is 10.5. The van der Waals surface area contributed by atoms with E-state index in [-0.39, 0.29) is 6.04 Å². The molecule has 10 nitrogen and oxygen atoms in total. The van der Waals surface area contributed by atoms with Crippen LogP contribution < -0.4 is 10.2 Å². The number of aryl methyl sites for hydroxylation is 2. The van der Waals surface area contributed by atoms with E-state index in [9.17, 15) is 0 Å². The third-order valence-electron chi connectivity index (χ3n) is 5.36. The molecule has 4 aromatic rings. The van der Waals surface area contributed by atoms with Crippen LogP contribution in [0.15, 0.2) is 35.1 Å². The van der Waals surface area contributed by atoms with Crippen molar-refractivity contribution in [2.75, 3.05) is 16.8 Å². The van der Waals surface area contributed by atoms with E-state index in [0.717, 1.165) is 48.6 Å². The Bertz CT molecular complexity index is 1240. The molecule has 11 heteroatoms. The first kappa shape index (κ1) is 20.4. The van der Waals surface area contributed by atoms with Crippen LogP contribution in [0.2, 0.25) is 5.15 Å². The smallest absolute Gasteiger partial charge is 0.229 e. The van der Waals surface area contributed by atoms with Crippen molar-refractivity contribution in [1.29, 1.82) is 0 Å². The Labute approximate surface area is 189 Å². The summed E-state index contributed by atoms with van der Waals surface area (Å²) in [5.74, 6) is 2.51. The number of nitrogens with zero attached hydrogens (tertiary/aromatic N) is 7. The molecule has 5 heterocycles. The van der Waals surface area contributed by atoms with Crippen LogP contribution in [0.4, 0.5) is 17.6 Å². The molecule has 4 aromatic heterocycles. The van der Waals surface area contributed by atoms with Gasteiger partial charge < -0.3 is 14.7 Å². The average molecular weight is 452 g/mol. The van der Waals surface area contributed by atoms with Crippen molar-refractivity contribution >= 4 is 29.2 Å². The second-order valence-electron chi connectivity index (χ2n) is 7.61. The molecule has 0 aliphatic carbocycles. The quantitative estimate of drug-likeness (QED) is 0.414. The lowest BCUT2D eigenvalue weighted by atomic mass is 10.1. The highest BCUT2D eigenvalue weighted by Crippen LogP contribution is 2.37. The Morgan fingerprint density at radius 1 is 1.19 bits per heavy atom. The molecule has 0 bridgehead atoms. The Morgan fingerprint density at radius 3 is 2.88 bits per heavy atom. The van der Waals surface area contributed by atoms with E-state index in [1.807, 2.05) is 26.0 Å². The summed E-state index contributed by atoms with van der Waals surface area (Å²) >= 11 is 6.31. The van der Waals surface area contributed by atoms with Crippen LogP contribution in [0.25, 0.3) is 11.4 Å². The third-order valence-corrected chi connectivity index (χ3v) is 5.56. The van der Waals surface area contributed by atoms with Crippen LogP contribution in [0.3, 0.4) is 0 Å². The van der Waals surface area contributed by atoms with Crippen LogP contribution in [0.5, 0.6) is 0 Å². The van der Waals surface area contributed by atoms with Crippen LogP contribution in [-0.4, -0.2) is 41.8 Å². The number of anilines is 3. The molecule has 0 radical (unpaired) electrons. The highest BCUT2D eigenvalue weighted by Gasteiger charge is 2.32. The number of rotatable bonds is 6. The fourth-order valence-corrected chi connectivity index (χ4v) is 4.09. The van der Waals surface area contributed by atoms with Crippen molar-refractivity contribution in [2.24, 2.45) is 0 Å². The first-order chi connectivity index (χ1) is 15.6. The molecule has 32 heavy (non-hydrogen) atoms. The van der Waals surface area contributed by atoms with Crippen molar-refractivity contribution in [1.82, 2.24) is 35.3 Å². The Balaban J connectivity index is 1.42. The minimum absolute atomic E-state index is 0.0445. The highest BCUT2D eigenvalue weighted by molar-refractivity contribution is 6.29. The number of hydrogen-bond acceptors (Lipinski definition) is 9. The molecule has 1 fully saturated rings. The molecule has 1 aliphatic heterocycles. The van der Waals surface area contributed by atoms with E-state index in [2.05, 4.69) is 45.5 Å². The average Bonchev–Trinajstić information content (AvgIpc) is 3.54. The van der Waals surface area contributed by atoms with Crippen molar-refractivity contribution in [3.63, 3.8) is 0 Å². The Morgan fingerprint density at radius 2 is 2.06 bits per heavy atom. The molecule has 1 saturated heterocycles. The lowest BCUT2D eigenvalue weighted by Crippen LogP contribution is -2.24. The summed E-state index contributed by atoms with van der Waals surface area (Å²) in [6.45, 7) is 4.76. The molecule has 1 atom stereocenters. The summed E-state index contributed by atoms with van der Waals surface area (Å²) in [4.78, 5) is 20.1. The summed E-state index contributed by atoms with van der Waals surface area (Å²) < 4.78 is 5.74. The monoisotopic (exact) mass is 451 g/mol. The Kier molecular flexibility index (Phi) is 5.44. The summed E-state index contributed by atoms with van der Waals surface area (Å²) in [6.07, 6.45) is 5.99. The van der Waals surface area contributed by atoms with Gasteiger partial charge in [-0.3, -0.25) is 15.1 Å². The minimum atomic E-state index is -0.0445. The van der Waals surface area contributed by atoms with Crippen LogP contribution in [0.1, 0.15) is 43.0 Å². The molecule has 1 unspecified atom stereocenters. The SMILES string of the molecule is CCc1nccnc1-c1cc(C2CCCN2c2nc(Cl)cc(Nc3cc(C)[nH]n3)n2)on1. The van der Waals surface area contributed by atoms with E-state index in [1.54, 1.807) is 18.5 Å². The molecule has 2 N–H and O–H groups in total. The number of aromatic amines is 1. The first-order valence-corrected chi connectivity index (χ1v) is 10.9. The molecule has 0 spiro atoms. The zero-order valence-electron chi connectivity index (χ0n) is 17.7. The predicted octanol–water partition coefficient (Wildman–Crippen LogP) is 4.25. The van der Waals surface area contributed by atoms with Crippen molar-refractivity contribution in [3.8, 4) is 11.4 Å². The van der Waals surface area contributed by atoms with Gasteiger partial charge in [-0.25, -0.2) is 4.98 Å². The van der Waals surface area contributed by atoms with Crippen LogP contribution in [-0.2, 0) is 6.42 Å². The van der Waals surface area contributed by atoms with Gasteiger partial charge in [-0.15, -0.1) is 0 Å². The third kappa shape index (κ3) is 4.01. The van der Waals surface area contributed by atoms with Gasteiger partial charge in [0.25, 0.3) is 0 Å². The lowest BCUT2D eigenvalue weighted by Gasteiger charge is -2.23. The summed E-state index contributed by atoms with van der Waals surface area (Å²) in [5, 5.41) is 14.9. The number of aromatic nitrogens is 7. The largest absolute Gasteiger partial charge is 0.358 e. The predicted molar refractivity (Wildman–Crippen MR) is 120 cm³/mol. The van der Waals surface area contributed by atoms with E-state index in [0.29, 0.717) is 28.4 Å². The van der Waals surface area contributed by atoms with Crippen molar-refractivity contribution in [3.05, 3.63) is 52.9 Å². The van der Waals surface area contributed by atoms with E-state index >= 15 is 0 Å². The number of nitrogens with one attached hydrogen (secondary N) is 2. The van der Waals surface area contributed by atoms with E-state index in [1.165, 1.54) is 0 Å². The summed E-state index contributed by atoms with van der Waals surface area (Å²) in [7, 11) is 0. The van der Waals surface area contributed by atoms with Gasteiger partial charge in [0.05, 0.1) is 11.7 Å². The maximum Gasteiger partial charge on any atom is 0.229 e. The van der Waals surface area contributed by atoms with Gasteiger partial charge in [0.15, 0.2) is 11.6 Å². The molecule has 164 valence electrons. The summed E-state index contributed by atoms with van der Waals surface area (Å²) in [5.41, 5.74) is 3.26. The topological polar surface area (TPSA) is 122 Å². The van der Waals surface area contributed by atoms with Crippen LogP contribution >= 0.6 is 11.6 Å². The van der Waals surface area contributed by atoms with Crippen LogP contribution in [0, 0.1) is 6.92 Å². The Hall–Kier alpha value is -3.53. The van der Waals surface area contributed by atoms with Gasteiger partial charge in [0.2, 0.25) is 5.95 Å². The molecular weight excluding hydrogens is 430 g/mol. The van der Waals surface area contributed by atoms with Crippen molar-refractivity contribution in [2.45, 2.75) is 39.2 Å². The zero-order valence-corrected chi connectivity index (χ0v) is 18.5. The van der Waals surface area contributed by atoms with Gasteiger partial charge in [0.1, 0.15) is 22.4 Å². The van der Waals surface area contributed by atoms with Gasteiger partial charge in [0, 0.05) is 42.8 Å². The molecule has 5 rings (SSSR count). The number of H-pyrrole nitrogens is 1. The van der Waals surface area contributed by atoms with E-state index < -0.39 is 0 Å². The minimum Gasteiger partial charge on any atom is -0.358 e. The highest BCUT2D eigenvalue weighted by atomic mass is 35.5. The van der Waals surface area contributed by atoms with Gasteiger partial charge >= 0.3 is 0 Å².